The van der Waals surface area contributed by atoms with Gasteiger partial charge in [-0.2, -0.15) is 0 Å². The van der Waals surface area contributed by atoms with E-state index in [4.69, 9.17) is 21.3 Å². The van der Waals surface area contributed by atoms with Crippen LogP contribution in [0, 0.1) is 11.8 Å². The van der Waals surface area contributed by atoms with E-state index >= 15 is 0 Å². The average Bonchev–Trinajstić information content (AvgIpc) is 3.15. The summed E-state index contributed by atoms with van der Waals surface area (Å²) in [5.74, 6) is 2.31. The van der Waals surface area contributed by atoms with E-state index in [0.29, 0.717) is 23.6 Å². The molecule has 2 aromatic heterocycles. The highest BCUT2D eigenvalue weighted by atomic mass is 35.5. The molecule has 178 valence electrons. The minimum Gasteiger partial charge on any atom is -0.381 e. The van der Waals surface area contributed by atoms with Crippen LogP contribution in [0.5, 0.6) is 0 Å². The summed E-state index contributed by atoms with van der Waals surface area (Å²) in [5.41, 5.74) is 4.04. The van der Waals surface area contributed by atoms with Crippen LogP contribution in [-0.2, 0) is 11.2 Å². The van der Waals surface area contributed by atoms with Crippen LogP contribution in [0.2, 0.25) is 0 Å². The predicted molar refractivity (Wildman–Crippen MR) is 132 cm³/mol. The van der Waals surface area contributed by atoms with Gasteiger partial charge in [-0.1, -0.05) is 27.7 Å². The first-order valence-electron chi connectivity index (χ1n) is 12.3. The van der Waals surface area contributed by atoms with Crippen molar-refractivity contribution in [1.29, 1.82) is 0 Å². The molecule has 3 rings (SSSR count). The molecule has 5 nitrogen and oxygen atoms in total. The molecule has 0 bridgehead atoms. The molecule has 0 saturated carbocycles. The van der Waals surface area contributed by atoms with Gasteiger partial charge in [0.05, 0.1) is 11.3 Å². The number of rotatable bonds is 11. The molecule has 3 heterocycles. The number of carbonyl (C=O) groups is 1. The molecule has 0 unspecified atom stereocenters. The average molecular weight is 462 g/mol. The third-order valence-electron chi connectivity index (χ3n) is 6.39. The Hall–Kier alpha value is -1.59. The van der Waals surface area contributed by atoms with Crippen molar-refractivity contribution in [1.82, 2.24) is 14.3 Å². The highest BCUT2D eigenvalue weighted by Gasteiger charge is 2.24. The topological polar surface area (TPSA) is 46.8 Å². The number of carbonyl (C=O) groups excluding carboxylic acids is 1. The predicted octanol–water partition coefficient (Wildman–Crippen LogP) is 5.93. The summed E-state index contributed by atoms with van der Waals surface area (Å²) in [7, 11) is 0. The Balaban J connectivity index is 1.92. The number of halogens is 1. The molecule has 1 aliphatic heterocycles. The molecular weight excluding hydrogens is 422 g/mol. The van der Waals surface area contributed by atoms with Crippen LogP contribution in [0.4, 0.5) is 0 Å². The molecule has 0 N–H and O–H groups in total. The number of amides is 1. The van der Waals surface area contributed by atoms with Gasteiger partial charge in [0.2, 0.25) is 0 Å². The van der Waals surface area contributed by atoms with Crippen LogP contribution >= 0.6 is 11.6 Å². The lowest BCUT2D eigenvalue weighted by Gasteiger charge is -2.25. The van der Waals surface area contributed by atoms with Gasteiger partial charge >= 0.3 is 0 Å². The lowest BCUT2D eigenvalue weighted by atomic mass is 9.94. The lowest BCUT2D eigenvalue weighted by Crippen LogP contribution is -2.34. The van der Waals surface area contributed by atoms with Gasteiger partial charge < -0.3 is 14.0 Å². The number of hydrogen-bond donors (Lipinski definition) is 0. The molecule has 0 aliphatic carbocycles. The summed E-state index contributed by atoms with van der Waals surface area (Å²) in [4.78, 5) is 20.5. The number of fused-ring (bicyclic) bond motifs is 1. The molecule has 1 aliphatic rings. The summed E-state index contributed by atoms with van der Waals surface area (Å²) in [5, 5.41) is 0. The summed E-state index contributed by atoms with van der Waals surface area (Å²) in [6.45, 7) is 12.0. The largest absolute Gasteiger partial charge is 0.381 e. The summed E-state index contributed by atoms with van der Waals surface area (Å²) >= 11 is 6.04. The minimum atomic E-state index is 0.123. The highest BCUT2D eigenvalue weighted by molar-refractivity contribution is 6.17. The Morgan fingerprint density at radius 3 is 2.41 bits per heavy atom. The number of pyridine rings is 1. The van der Waals surface area contributed by atoms with Crippen LogP contribution in [0.1, 0.15) is 87.5 Å². The molecule has 0 aromatic carbocycles. The van der Waals surface area contributed by atoms with E-state index in [1.807, 2.05) is 23.2 Å². The minimum absolute atomic E-state index is 0.123. The maximum absolute atomic E-state index is 13.5. The quantitative estimate of drug-likeness (QED) is 0.389. The first-order valence-corrected chi connectivity index (χ1v) is 12.9. The number of ether oxygens (including phenoxy) is 1. The van der Waals surface area contributed by atoms with E-state index < -0.39 is 0 Å². The second-order valence-electron chi connectivity index (χ2n) is 9.93. The molecule has 32 heavy (non-hydrogen) atoms. The fraction of sp³-hybridized carbons (Fsp3) is 0.692. The number of aromatic nitrogens is 2. The zero-order valence-electron chi connectivity index (χ0n) is 20.3. The van der Waals surface area contributed by atoms with Crippen molar-refractivity contribution in [3.05, 3.63) is 35.3 Å². The van der Waals surface area contributed by atoms with E-state index in [-0.39, 0.29) is 5.91 Å². The van der Waals surface area contributed by atoms with Gasteiger partial charge in [-0.25, -0.2) is 4.98 Å². The molecule has 6 heteroatoms. The van der Waals surface area contributed by atoms with E-state index in [2.05, 4.69) is 32.1 Å². The van der Waals surface area contributed by atoms with Gasteiger partial charge in [-0.05, 0) is 62.5 Å². The molecule has 1 amide bonds. The molecular formula is C26H40ClN3O2. The SMILES string of the molecule is CC(C)CCN(CCC(C)C)C(=O)c1ccc2nc(C3CCOCC3)c(CCCCl)n2c1. The summed E-state index contributed by atoms with van der Waals surface area (Å²) < 4.78 is 7.71. The molecule has 0 spiro atoms. The van der Waals surface area contributed by atoms with Crippen LogP contribution in [0.25, 0.3) is 5.65 Å². The van der Waals surface area contributed by atoms with Crippen LogP contribution < -0.4 is 0 Å². The third-order valence-corrected chi connectivity index (χ3v) is 6.66. The van der Waals surface area contributed by atoms with Gasteiger partial charge in [-0.3, -0.25) is 4.79 Å². The number of alkyl halides is 1. The fourth-order valence-corrected chi connectivity index (χ4v) is 4.48. The maximum Gasteiger partial charge on any atom is 0.255 e. The number of aryl methyl sites for hydroxylation is 1. The van der Waals surface area contributed by atoms with Gasteiger partial charge in [0, 0.05) is 50.0 Å². The number of imidazole rings is 1. The molecule has 0 radical (unpaired) electrons. The van der Waals surface area contributed by atoms with Gasteiger partial charge in [0.25, 0.3) is 5.91 Å². The first kappa shape index (κ1) is 25.0. The summed E-state index contributed by atoms with van der Waals surface area (Å²) in [6.07, 6.45) is 7.83. The van der Waals surface area contributed by atoms with Crippen LogP contribution in [0.3, 0.4) is 0 Å². The van der Waals surface area contributed by atoms with Gasteiger partial charge in [-0.15, -0.1) is 11.6 Å². The van der Waals surface area contributed by atoms with E-state index in [9.17, 15) is 4.79 Å². The second kappa shape index (κ2) is 12.0. The monoisotopic (exact) mass is 461 g/mol. The van der Waals surface area contributed by atoms with Crippen molar-refractivity contribution in [2.24, 2.45) is 11.8 Å². The third kappa shape index (κ3) is 6.48. The van der Waals surface area contributed by atoms with Gasteiger partial charge in [0.15, 0.2) is 0 Å². The smallest absolute Gasteiger partial charge is 0.255 e. The first-order chi connectivity index (χ1) is 15.4. The fourth-order valence-electron chi connectivity index (χ4n) is 4.34. The van der Waals surface area contributed by atoms with Gasteiger partial charge in [0.1, 0.15) is 5.65 Å². The van der Waals surface area contributed by atoms with E-state index in [1.165, 1.54) is 11.4 Å². The van der Waals surface area contributed by atoms with Crippen molar-refractivity contribution < 1.29 is 9.53 Å². The lowest BCUT2D eigenvalue weighted by molar-refractivity contribution is 0.0740. The van der Waals surface area contributed by atoms with Crippen molar-refractivity contribution >= 4 is 23.2 Å². The van der Waals surface area contributed by atoms with Crippen molar-refractivity contribution in [3.63, 3.8) is 0 Å². The normalized spacial score (nSPS) is 15.2. The molecule has 2 aromatic rings. The van der Waals surface area contributed by atoms with E-state index in [1.54, 1.807) is 0 Å². The van der Waals surface area contributed by atoms with Crippen LogP contribution in [0.15, 0.2) is 18.3 Å². The highest BCUT2D eigenvalue weighted by Crippen LogP contribution is 2.30. The number of nitrogens with zero attached hydrogens (tertiary/aromatic N) is 3. The Kier molecular flexibility index (Phi) is 9.42. The van der Waals surface area contributed by atoms with Crippen LogP contribution in [-0.4, -0.2) is 52.4 Å². The zero-order valence-corrected chi connectivity index (χ0v) is 21.0. The van der Waals surface area contributed by atoms with Crippen molar-refractivity contribution in [2.75, 3.05) is 32.2 Å². The van der Waals surface area contributed by atoms with Crippen molar-refractivity contribution in [3.8, 4) is 0 Å². The second-order valence-corrected chi connectivity index (χ2v) is 10.3. The molecule has 1 fully saturated rings. The summed E-state index contributed by atoms with van der Waals surface area (Å²) in [6, 6.07) is 3.95. The standard InChI is InChI=1S/C26H40ClN3O2/c1-19(2)9-14-29(15-10-20(3)4)26(31)22-7-8-24-28-25(21-11-16-32-17-12-21)23(6-5-13-27)30(24)18-22/h7-8,18-21H,5-6,9-17H2,1-4H3. The Labute approximate surface area is 198 Å². The Morgan fingerprint density at radius 1 is 1.16 bits per heavy atom. The van der Waals surface area contributed by atoms with Crippen molar-refractivity contribution in [2.45, 2.75) is 72.1 Å². The number of hydrogen-bond acceptors (Lipinski definition) is 3. The maximum atomic E-state index is 13.5. The van der Waals surface area contributed by atoms with E-state index in [0.717, 1.165) is 76.0 Å². The Bertz CT molecular complexity index is 859. The molecule has 0 atom stereocenters. The zero-order chi connectivity index (χ0) is 23.1. The molecule has 1 saturated heterocycles. The Morgan fingerprint density at radius 2 is 1.81 bits per heavy atom.